The summed E-state index contributed by atoms with van der Waals surface area (Å²) in [5.41, 5.74) is 7.97. The third-order valence-corrected chi connectivity index (χ3v) is 1.89. The van der Waals surface area contributed by atoms with Gasteiger partial charge in [-0.25, -0.2) is 4.98 Å². The average molecular weight is 179 g/mol. The number of nitrogens with one attached hydrogen (secondary N) is 1. The Morgan fingerprint density at radius 1 is 1.54 bits per heavy atom. The van der Waals surface area contributed by atoms with Crippen LogP contribution < -0.4 is 11.1 Å². The molecule has 0 saturated carbocycles. The van der Waals surface area contributed by atoms with Crippen molar-refractivity contribution >= 4 is 11.5 Å². The predicted molar refractivity (Wildman–Crippen MR) is 56.8 cm³/mol. The van der Waals surface area contributed by atoms with E-state index in [1.54, 1.807) is 6.20 Å². The van der Waals surface area contributed by atoms with Gasteiger partial charge in [0, 0.05) is 23.5 Å². The number of nitrogen functional groups attached to an aromatic ring is 1. The fourth-order valence-corrected chi connectivity index (χ4v) is 1.33. The van der Waals surface area contributed by atoms with E-state index in [2.05, 4.69) is 31.1 Å². The minimum Gasteiger partial charge on any atom is -0.383 e. The molecule has 0 bridgehead atoms. The molecule has 13 heavy (non-hydrogen) atoms. The number of nitrogens with two attached hydrogens (primary N) is 1. The van der Waals surface area contributed by atoms with Gasteiger partial charge < -0.3 is 11.1 Å². The second kappa shape index (κ2) is 4.12. The van der Waals surface area contributed by atoms with E-state index in [-0.39, 0.29) is 0 Å². The van der Waals surface area contributed by atoms with Gasteiger partial charge in [0.1, 0.15) is 5.82 Å². The van der Waals surface area contributed by atoms with Gasteiger partial charge >= 0.3 is 0 Å². The number of nitrogens with zero attached hydrogens (tertiary/aromatic N) is 1. The molecule has 0 aliphatic carbocycles. The van der Waals surface area contributed by atoms with Crippen molar-refractivity contribution in [3.8, 4) is 0 Å². The fourth-order valence-electron chi connectivity index (χ4n) is 1.33. The van der Waals surface area contributed by atoms with Crippen LogP contribution in [0, 0.1) is 0 Å². The zero-order valence-electron chi connectivity index (χ0n) is 8.46. The van der Waals surface area contributed by atoms with Crippen LogP contribution in [0.3, 0.4) is 0 Å². The van der Waals surface area contributed by atoms with Crippen LogP contribution in [0.1, 0.15) is 26.3 Å². The van der Waals surface area contributed by atoms with Gasteiger partial charge in [0.05, 0.1) is 0 Å². The first-order valence-corrected chi connectivity index (χ1v) is 4.65. The number of hydrogen-bond acceptors (Lipinski definition) is 3. The van der Waals surface area contributed by atoms with Crippen molar-refractivity contribution in [3.05, 3.63) is 17.8 Å². The maximum atomic E-state index is 5.76. The van der Waals surface area contributed by atoms with E-state index in [0.29, 0.717) is 11.9 Å². The standard InChI is InChI=1S/C10H17N3/c1-4-8-9(13-7(2)3)5-6-12-10(8)11/h5-7H,4H2,1-3H3,(H3,11,12,13). The normalized spacial score (nSPS) is 10.5. The number of rotatable bonds is 3. The highest BCUT2D eigenvalue weighted by Gasteiger charge is 2.05. The molecule has 1 heterocycles. The molecule has 3 heteroatoms. The van der Waals surface area contributed by atoms with Crippen LogP contribution >= 0.6 is 0 Å². The van der Waals surface area contributed by atoms with E-state index < -0.39 is 0 Å². The summed E-state index contributed by atoms with van der Waals surface area (Å²) in [6.45, 7) is 6.30. The van der Waals surface area contributed by atoms with Gasteiger partial charge in [0.2, 0.25) is 0 Å². The summed E-state index contributed by atoms with van der Waals surface area (Å²) in [5, 5.41) is 3.35. The summed E-state index contributed by atoms with van der Waals surface area (Å²) < 4.78 is 0. The molecule has 1 aromatic heterocycles. The van der Waals surface area contributed by atoms with Gasteiger partial charge in [-0.2, -0.15) is 0 Å². The van der Waals surface area contributed by atoms with Crippen LogP contribution in [0.2, 0.25) is 0 Å². The monoisotopic (exact) mass is 179 g/mol. The van der Waals surface area contributed by atoms with Crippen LogP contribution in [-0.2, 0) is 6.42 Å². The molecule has 0 aliphatic heterocycles. The molecule has 1 rings (SSSR count). The Kier molecular flexibility index (Phi) is 3.12. The van der Waals surface area contributed by atoms with Crippen molar-refractivity contribution in [2.45, 2.75) is 33.2 Å². The van der Waals surface area contributed by atoms with Crippen molar-refractivity contribution in [3.63, 3.8) is 0 Å². The van der Waals surface area contributed by atoms with E-state index in [4.69, 9.17) is 5.73 Å². The molecule has 72 valence electrons. The van der Waals surface area contributed by atoms with Crippen LogP contribution in [0.25, 0.3) is 0 Å². The number of pyridine rings is 1. The lowest BCUT2D eigenvalue weighted by atomic mass is 10.1. The molecule has 1 aromatic rings. The van der Waals surface area contributed by atoms with Crippen LogP contribution in [-0.4, -0.2) is 11.0 Å². The molecule has 0 amide bonds. The number of hydrogen-bond donors (Lipinski definition) is 2. The first-order chi connectivity index (χ1) is 6.15. The molecule has 0 fully saturated rings. The molecule has 3 nitrogen and oxygen atoms in total. The summed E-state index contributed by atoms with van der Waals surface area (Å²) in [6.07, 6.45) is 2.65. The topological polar surface area (TPSA) is 50.9 Å². The number of aromatic nitrogens is 1. The SMILES string of the molecule is CCc1c(NC(C)C)ccnc1N. The molecular formula is C10H17N3. The molecule has 0 saturated heterocycles. The van der Waals surface area contributed by atoms with E-state index in [1.165, 1.54) is 0 Å². The predicted octanol–water partition coefficient (Wildman–Crippen LogP) is 2.05. The van der Waals surface area contributed by atoms with Crippen molar-refractivity contribution in [1.29, 1.82) is 0 Å². The van der Waals surface area contributed by atoms with Gasteiger partial charge in [0.25, 0.3) is 0 Å². The van der Waals surface area contributed by atoms with Gasteiger partial charge in [-0.15, -0.1) is 0 Å². The van der Waals surface area contributed by atoms with Crippen molar-refractivity contribution in [2.24, 2.45) is 0 Å². The second-order valence-corrected chi connectivity index (χ2v) is 3.37. The Bertz CT molecular complexity index is 281. The maximum Gasteiger partial charge on any atom is 0.128 e. The fraction of sp³-hybridized carbons (Fsp3) is 0.500. The first kappa shape index (κ1) is 9.84. The van der Waals surface area contributed by atoms with Crippen LogP contribution in [0.15, 0.2) is 12.3 Å². The smallest absolute Gasteiger partial charge is 0.128 e. The highest BCUT2D eigenvalue weighted by Crippen LogP contribution is 2.20. The van der Waals surface area contributed by atoms with E-state index in [9.17, 15) is 0 Å². The Hall–Kier alpha value is -1.25. The summed E-state index contributed by atoms with van der Waals surface area (Å²) in [6, 6.07) is 2.39. The molecule has 0 aromatic carbocycles. The third kappa shape index (κ3) is 2.34. The van der Waals surface area contributed by atoms with Crippen molar-refractivity contribution < 1.29 is 0 Å². The average Bonchev–Trinajstić information content (AvgIpc) is 2.03. The first-order valence-electron chi connectivity index (χ1n) is 4.65. The maximum absolute atomic E-state index is 5.76. The lowest BCUT2D eigenvalue weighted by molar-refractivity contribution is 0.893. The summed E-state index contributed by atoms with van der Waals surface area (Å²) >= 11 is 0. The van der Waals surface area contributed by atoms with E-state index >= 15 is 0 Å². The summed E-state index contributed by atoms with van der Waals surface area (Å²) in [4.78, 5) is 4.06. The second-order valence-electron chi connectivity index (χ2n) is 3.37. The Morgan fingerprint density at radius 3 is 2.77 bits per heavy atom. The molecule has 0 radical (unpaired) electrons. The summed E-state index contributed by atoms with van der Waals surface area (Å²) in [5.74, 6) is 0.633. The third-order valence-electron chi connectivity index (χ3n) is 1.89. The lowest BCUT2D eigenvalue weighted by Crippen LogP contribution is -2.12. The van der Waals surface area contributed by atoms with E-state index in [1.807, 2.05) is 6.07 Å². The quantitative estimate of drug-likeness (QED) is 0.746. The zero-order chi connectivity index (χ0) is 9.84. The van der Waals surface area contributed by atoms with Crippen LogP contribution in [0.5, 0.6) is 0 Å². The minimum absolute atomic E-state index is 0.423. The van der Waals surface area contributed by atoms with E-state index in [0.717, 1.165) is 17.7 Å². The number of anilines is 2. The Morgan fingerprint density at radius 2 is 2.23 bits per heavy atom. The highest BCUT2D eigenvalue weighted by atomic mass is 14.9. The molecule has 3 N–H and O–H groups in total. The minimum atomic E-state index is 0.423. The van der Waals surface area contributed by atoms with Gasteiger partial charge in [-0.1, -0.05) is 6.92 Å². The van der Waals surface area contributed by atoms with Gasteiger partial charge in [-0.05, 0) is 26.3 Å². The van der Waals surface area contributed by atoms with Crippen LogP contribution in [0.4, 0.5) is 11.5 Å². The van der Waals surface area contributed by atoms with Gasteiger partial charge in [0.15, 0.2) is 0 Å². The Balaban J connectivity index is 2.98. The molecule has 0 atom stereocenters. The highest BCUT2D eigenvalue weighted by molar-refractivity contribution is 5.60. The molecular weight excluding hydrogens is 162 g/mol. The van der Waals surface area contributed by atoms with Gasteiger partial charge in [-0.3, -0.25) is 0 Å². The molecule has 0 aliphatic rings. The largest absolute Gasteiger partial charge is 0.383 e. The Labute approximate surface area is 79.4 Å². The van der Waals surface area contributed by atoms with Crippen molar-refractivity contribution in [2.75, 3.05) is 11.1 Å². The van der Waals surface area contributed by atoms with Crippen molar-refractivity contribution in [1.82, 2.24) is 4.98 Å². The lowest BCUT2D eigenvalue weighted by Gasteiger charge is -2.14. The molecule has 0 unspecified atom stereocenters. The summed E-state index contributed by atoms with van der Waals surface area (Å²) in [7, 11) is 0. The molecule has 0 spiro atoms. The zero-order valence-corrected chi connectivity index (χ0v) is 8.46.